The number of carboxylic acids is 1. The summed E-state index contributed by atoms with van der Waals surface area (Å²) in [5.74, 6) is -1.04. The first kappa shape index (κ1) is 17.7. The van der Waals surface area contributed by atoms with E-state index in [0.717, 1.165) is 6.42 Å². The van der Waals surface area contributed by atoms with Gasteiger partial charge in [0.25, 0.3) is 0 Å². The summed E-state index contributed by atoms with van der Waals surface area (Å²) in [4.78, 5) is 22.8. The molecule has 0 radical (unpaired) electrons. The Kier molecular flexibility index (Phi) is 6.83. The average molecular weight is 274 g/mol. The van der Waals surface area contributed by atoms with Gasteiger partial charge in [-0.15, -0.1) is 0 Å². The first-order valence-electron chi connectivity index (χ1n) is 6.45. The lowest BCUT2D eigenvalue weighted by molar-refractivity contribution is -0.143. The van der Waals surface area contributed by atoms with Gasteiger partial charge in [-0.3, -0.25) is 0 Å². The summed E-state index contributed by atoms with van der Waals surface area (Å²) in [7, 11) is 1.63. The van der Waals surface area contributed by atoms with Gasteiger partial charge >= 0.3 is 12.0 Å². The molecule has 0 aromatic heterocycles. The van der Waals surface area contributed by atoms with E-state index in [0.29, 0.717) is 19.6 Å². The number of aliphatic carboxylic acids is 1. The number of ether oxygens (including phenoxy) is 1. The van der Waals surface area contributed by atoms with Gasteiger partial charge in [0.15, 0.2) is 0 Å². The van der Waals surface area contributed by atoms with E-state index in [1.54, 1.807) is 14.0 Å². The molecule has 2 amide bonds. The molecule has 0 saturated carbocycles. The second-order valence-electron chi connectivity index (χ2n) is 5.71. The zero-order valence-corrected chi connectivity index (χ0v) is 12.5. The quantitative estimate of drug-likeness (QED) is 0.627. The van der Waals surface area contributed by atoms with E-state index in [2.05, 4.69) is 10.6 Å². The van der Waals surface area contributed by atoms with Gasteiger partial charge in [-0.25, -0.2) is 9.59 Å². The Morgan fingerprint density at radius 1 is 1.26 bits per heavy atom. The first-order chi connectivity index (χ1) is 8.67. The van der Waals surface area contributed by atoms with Crippen molar-refractivity contribution in [3.63, 3.8) is 0 Å². The van der Waals surface area contributed by atoms with E-state index in [1.807, 2.05) is 13.8 Å². The zero-order valence-electron chi connectivity index (χ0n) is 12.5. The lowest BCUT2D eigenvalue weighted by Gasteiger charge is -2.28. The molecule has 0 aromatic rings. The highest BCUT2D eigenvalue weighted by atomic mass is 16.5. The van der Waals surface area contributed by atoms with Crippen LogP contribution in [0.25, 0.3) is 0 Å². The van der Waals surface area contributed by atoms with Gasteiger partial charge in [-0.05, 0) is 25.2 Å². The Labute approximate surface area is 114 Å². The summed E-state index contributed by atoms with van der Waals surface area (Å²) >= 11 is 0. The molecule has 0 aromatic carbocycles. The minimum atomic E-state index is -1.24. The summed E-state index contributed by atoms with van der Waals surface area (Å²) in [6.07, 6.45) is 1.14. The lowest BCUT2D eigenvalue weighted by Crippen LogP contribution is -2.55. The minimum absolute atomic E-state index is 0.0980. The molecule has 0 saturated heterocycles. The van der Waals surface area contributed by atoms with Gasteiger partial charge in [0.2, 0.25) is 0 Å². The lowest BCUT2D eigenvalue weighted by atomic mass is 9.90. The molecule has 0 aliphatic heterocycles. The van der Waals surface area contributed by atoms with Crippen LogP contribution in [0.2, 0.25) is 0 Å². The Morgan fingerprint density at radius 3 is 2.26 bits per heavy atom. The predicted octanol–water partition coefficient (Wildman–Crippen LogP) is 1.60. The van der Waals surface area contributed by atoms with Crippen molar-refractivity contribution >= 4 is 12.0 Å². The summed E-state index contributed by atoms with van der Waals surface area (Å²) in [5.41, 5.74) is -1.33. The normalized spacial score (nSPS) is 14.6. The van der Waals surface area contributed by atoms with Crippen LogP contribution in [0.3, 0.4) is 0 Å². The van der Waals surface area contributed by atoms with Crippen LogP contribution < -0.4 is 10.6 Å². The van der Waals surface area contributed by atoms with Crippen molar-refractivity contribution in [1.82, 2.24) is 10.6 Å². The summed E-state index contributed by atoms with van der Waals surface area (Å²) < 4.78 is 5.01. The highest BCUT2D eigenvalue weighted by molar-refractivity contribution is 5.85. The zero-order chi connectivity index (χ0) is 15.1. The number of nitrogens with one attached hydrogen (secondary N) is 2. The van der Waals surface area contributed by atoms with E-state index in [1.165, 1.54) is 6.92 Å². The number of urea groups is 1. The van der Waals surface area contributed by atoms with Crippen molar-refractivity contribution in [1.29, 1.82) is 0 Å². The maximum absolute atomic E-state index is 11.7. The smallest absolute Gasteiger partial charge is 0.329 e. The molecule has 0 heterocycles. The van der Waals surface area contributed by atoms with Crippen molar-refractivity contribution in [2.75, 3.05) is 20.3 Å². The number of hydrogen-bond donors (Lipinski definition) is 3. The van der Waals surface area contributed by atoms with E-state index in [4.69, 9.17) is 9.84 Å². The molecule has 6 nitrogen and oxygen atoms in total. The molecule has 0 aliphatic carbocycles. The second kappa shape index (κ2) is 7.33. The van der Waals surface area contributed by atoms with Gasteiger partial charge in [0.1, 0.15) is 5.54 Å². The number of carbonyl (C=O) groups excluding carboxylic acids is 1. The van der Waals surface area contributed by atoms with Gasteiger partial charge in [0, 0.05) is 20.3 Å². The van der Waals surface area contributed by atoms with Crippen molar-refractivity contribution in [2.45, 2.75) is 46.1 Å². The van der Waals surface area contributed by atoms with Gasteiger partial charge in [-0.2, -0.15) is 0 Å². The van der Waals surface area contributed by atoms with E-state index < -0.39 is 17.5 Å². The van der Waals surface area contributed by atoms with E-state index >= 15 is 0 Å². The van der Waals surface area contributed by atoms with Crippen LogP contribution in [-0.2, 0) is 9.53 Å². The average Bonchev–Trinajstić information content (AvgIpc) is 2.34. The summed E-state index contributed by atoms with van der Waals surface area (Å²) in [5, 5.41) is 14.3. The topological polar surface area (TPSA) is 87.7 Å². The highest BCUT2D eigenvalue weighted by Crippen LogP contribution is 2.18. The molecular formula is C13H26N2O4. The molecule has 0 bridgehead atoms. The minimum Gasteiger partial charge on any atom is -0.480 e. The van der Waals surface area contributed by atoms with Crippen LogP contribution >= 0.6 is 0 Å². The molecular weight excluding hydrogens is 248 g/mol. The predicted molar refractivity (Wildman–Crippen MR) is 73.1 cm³/mol. The molecule has 19 heavy (non-hydrogen) atoms. The van der Waals surface area contributed by atoms with Gasteiger partial charge in [0.05, 0.1) is 0 Å². The van der Waals surface area contributed by atoms with E-state index in [-0.39, 0.29) is 5.41 Å². The molecule has 0 aliphatic rings. The molecule has 112 valence electrons. The van der Waals surface area contributed by atoms with Crippen molar-refractivity contribution < 1.29 is 19.4 Å². The molecule has 0 fully saturated rings. The van der Waals surface area contributed by atoms with Crippen LogP contribution in [0.4, 0.5) is 4.79 Å². The number of rotatable bonds is 8. The Bertz CT molecular complexity index is 318. The fourth-order valence-electron chi connectivity index (χ4n) is 1.37. The van der Waals surface area contributed by atoms with Crippen molar-refractivity contribution in [2.24, 2.45) is 5.41 Å². The van der Waals surface area contributed by atoms with E-state index in [9.17, 15) is 9.59 Å². The molecule has 1 unspecified atom stereocenters. The Hall–Kier alpha value is -1.30. The molecule has 1 atom stereocenters. The fourth-order valence-corrected chi connectivity index (χ4v) is 1.37. The third kappa shape index (κ3) is 6.42. The summed E-state index contributed by atoms with van der Waals surface area (Å²) in [6.45, 7) is 8.33. The van der Waals surface area contributed by atoms with Crippen LogP contribution in [-0.4, -0.2) is 42.9 Å². The maximum atomic E-state index is 11.7. The number of hydrogen-bond acceptors (Lipinski definition) is 3. The molecule has 6 heteroatoms. The Balaban J connectivity index is 4.29. The molecule has 3 N–H and O–H groups in total. The van der Waals surface area contributed by atoms with Gasteiger partial charge < -0.3 is 20.5 Å². The van der Waals surface area contributed by atoms with Crippen molar-refractivity contribution in [3.05, 3.63) is 0 Å². The third-order valence-electron chi connectivity index (χ3n) is 3.28. The fraction of sp³-hybridized carbons (Fsp3) is 0.846. The first-order valence-corrected chi connectivity index (χ1v) is 6.45. The maximum Gasteiger partial charge on any atom is 0.329 e. The Morgan fingerprint density at radius 2 is 1.84 bits per heavy atom. The largest absolute Gasteiger partial charge is 0.480 e. The monoisotopic (exact) mass is 274 g/mol. The highest BCUT2D eigenvalue weighted by Gasteiger charge is 2.33. The van der Waals surface area contributed by atoms with Crippen LogP contribution in [0, 0.1) is 5.41 Å². The van der Waals surface area contributed by atoms with Crippen LogP contribution in [0.5, 0.6) is 0 Å². The second-order valence-corrected chi connectivity index (χ2v) is 5.71. The van der Waals surface area contributed by atoms with Gasteiger partial charge in [-0.1, -0.05) is 20.8 Å². The number of methoxy groups -OCH3 is 1. The SMILES string of the molecule is CCC(C)(NC(=O)NCC(C)(C)CCOC)C(=O)O. The van der Waals surface area contributed by atoms with Crippen LogP contribution in [0.1, 0.15) is 40.5 Å². The van der Waals surface area contributed by atoms with Crippen molar-refractivity contribution in [3.8, 4) is 0 Å². The van der Waals surface area contributed by atoms with Crippen LogP contribution in [0.15, 0.2) is 0 Å². The molecule has 0 rings (SSSR count). The number of carbonyl (C=O) groups is 2. The molecule has 0 spiro atoms. The third-order valence-corrected chi connectivity index (χ3v) is 3.28. The number of amides is 2. The summed E-state index contributed by atoms with van der Waals surface area (Å²) in [6, 6.07) is -0.461. The number of carboxylic acid groups (broad SMARTS) is 1. The standard InChI is InChI=1S/C13H26N2O4/c1-6-13(4,10(16)17)15-11(18)14-9-12(2,3)7-8-19-5/h6-9H2,1-5H3,(H,16,17)(H2,14,15,18).